The van der Waals surface area contributed by atoms with Crippen LogP contribution in [0, 0.1) is 6.92 Å². The lowest BCUT2D eigenvalue weighted by Crippen LogP contribution is -2.43. The van der Waals surface area contributed by atoms with Crippen molar-refractivity contribution in [1.29, 1.82) is 0 Å². The molecular formula is C18H28N2O4. The smallest absolute Gasteiger partial charge is 0.263 e. The maximum Gasteiger partial charge on any atom is 0.263 e. The Balaban J connectivity index is 2.30. The lowest BCUT2D eigenvalue weighted by molar-refractivity contribution is 0.0629. The lowest BCUT2D eigenvalue weighted by atomic mass is 10.1. The molecule has 1 aromatic rings. The molecule has 0 aliphatic carbocycles. The van der Waals surface area contributed by atoms with E-state index in [2.05, 4.69) is 0 Å². The number of ether oxygens (including phenoxy) is 2. The molecular weight excluding hydrogens is 308 g/mol. The third kappa shape index (κ3) is 4.24. The molecule has 1 atom stereocenters. The van der Waals surface area contributed by atoms with Gasteiger partial charge in [0.2, 0.25) is 0 Å². The summed E-state index contributed by atoms with van der Waals surface area (Å²) in [6.45, 7) is 7.84. The van der Waals surface area contributed by atoms with Gasteiger partial charge in [-0.05, 0) is 45.2 Å². The molecule has 6 nitrogen and oxygen atoms in total. The van der Waals surface area contributed by atoms with Crippen molar-refractivity contribution in [2.75, 3.05) is 26.9 Å². The molecule has 2 heterocycles. The van der Waals surface area contributed by atoms with Crippen LogP contribution in [0.4, 0.5) is 0 Å². The predicted octanol–water partition coefficient (Wildman–Crippen LogP) is 1.83. The molecule has 1 aliphatic rings. The molecule has 0 radical (unpaired) electrons. The van der Waals surface area contributed by atoms with Crippen molar-refractivity contribution in [3.05, 3.63) is 33.7 Å². The van der Waals surface area contributed by atoms with Crippen molar-refractivity contribution in [1.82, 2.24) is 9.47 Å². The summed E-state index contributed by atoms with van der Waals surface area (Å²) in [6.07, 6.45) is 3.79. The fourth-order valence-electron chi connectivity index (χ4n) is 3.00. The molecule has 1 saturated heterocycles. The average molecular weight is 336 g/mol. The topological polar surface area (TPSA) is 60.8 Å². The van der Waals surface area contributed by atoms with Gasteiger partial charge in [0.1, 0.15) is 5.56 Å². The number of pyridine rings is 1. The van der Waals surface area contributed by atoms with Crippen LogP contribution in [0.15, 0.2) is 17.1 Å². The Morgan fingerprint density at radius 3 is 2.83 bits per heavy atom. The first-order valence-corrected chi connectivity index (χ1v) is 8.57. The Kier molecular flexibility index (Phi) is 6.57. The molecule has 1 fully saturated rings. The fraction of sp³-hybridized carbons (Fsp3) is 0.667. The molecule has 134 valence electrons. The first-order valence-electron chi connectivity index (χ1n) is 8.57. The number of hydrogen-bond acceptors (Lipinski definition) is 4. The van der Waals surface area contributed by atoms with Crippen LogP contribution in [0.5, 0.6) is 0 Å². The average Bonchev–Trinajstić information content (AvgIpc) is 3.03. The van der Waals surface area contributed by atoms with Gasteiger partial charge in [0.25, 0.3) is 11.5 Å². The second-order valence-corrected chi connectivity index (χ2v) is 6.55. The van der Waals surface area contributed by atoms with E-state index in [1.54, 1.807) is 29.7 Å². The molecule has 24 heavy (non-hydrogen) atoms. The molecule has 2 rings (SSSR count). The molecule has 6 heteroatoms. The second kappa shape index (κ2) is 8.44. The van der Waals surface area contributed by atoms with Gasteiger partial charge in [-0.25, -0.2) is 0 Å². The molecule has 0 spiro atoms. The Bertz CT molecular complexity index is 618. The van der Waals surface area contributed by atoms with E-state index in [1.807, 2.05) is 19.9 Å². The summed E-state index contributed by atoms with van der Waals surface area (Å²) in [5, 5.41) is 0. The van der Waals surface area contributed by atoms with Gasteiger partial charge in [0.05, 0.1) is 19.3 Å². The standard InChI is InChI=1S/C18H28N2O4/c1-13(2)20(9-11-23-4)18(22)16-14(3)7-8-19(17(16)21)12-15-6-5-10-24-15/h7-8,13,15H,5-6,9-12H2,1-4H3. The summed E-state index contributed by atoms with van der Waals surface area (Å²) in [5.41, 5.74) is 0.718. The van der Waals surface area contributed by atoms with Crippen LogP contribution in [-0.4, -0.2) is 54.4 Å². The van der Waals surface area contributed by atoms with E-state index in [9.17, 15) is 9.59 Å². The van der Waals surface area contributed by atoms with E-state index >= 15 is 0 Å². The Labute approximate surface area is 143 Å². The zero-order chi connectivity index (χ0) is 17.7. The van der Waals surface area contributed by atoms with Gasteiger partial charge in [-0.2, -0.15) is 0 Å². The molecule has 1 unspecified atom stereocenters. The van der Waals surface area contributed by atoms with Crippen LogP contribution in [0.3, 0.4) is 0 Å². The first kappa shape index (κ1) is 18.7. The molecule has 1 amide bonds. The number of carbonyl (C=O) groups is 1. The molecule has 0 bridgehead atoms. The first-order chi connectivity index (χ1) is 11.5. The van der Waals surface area contributed by atoms with E-state index in [0.29, 0.717) is 25.3 Å². The van der Waals surface area contributed by atoms with Crippen molar-refractivity contribution in [3.8, 4) is 0 Å². The highest BCUT2D eigenvalue weighted by Gasteiger charge is 2.25. The van der Waals surface area contributed by atoms with E-state index < -0.39 is 0 Å². The summed E-state index contributed by atoms with van der Waals surface area (Å²) in [5.74, 6) is -0.230. The van der Waals surface area contributed by atoms with Gasteiger partial charge in [-0.15, -0.1) is 0 Å². The van der Waals surface area contributed by atoms with Crippen LogP contribution < -0.4 is 5.56 Å². The number of nitrogens with zero attached hydrogens (tertiary/aromatic N) is 2. The maximum absolute atomic E-state index is 12.9. The van der Waals surface area contributed by atoms with Crippen molar-refractivity contribution in [3.63, 3.8) is 0 Å². The minimum Gasteiger partial charge on any atom is -0.383 e. The predicted molar refractivity (Wildman–Crippen MR) is 92.5 cm³/mol. The zero-order valence-corrected chi connectivity index (χ0v) is 15.1. The number of rotatable bonds is 7. The monoisotopic (exact) mass is 336 g/mol. The second-order valence-electron chi connectivity index (χ2n) is 6.55. The number of hydrogen-bond donors (Lipinski definition) is 0. The number of carbonyl (C=O) groups excluding carboxylic acids is 1. The molecule has 0 N–H and O–H groups in total. The van der Waals surface area contributed by atoms with Gasteiger partial charge < -0.3 is 18.9 Å². The normalized spacial score (nSPS) is 17.5. The van der Waals surface area contributed by atoms with Crippen LogP contribution in [0.25, 0.3) is 0 Å². The molecule has 0 saturated carbocycles. The quantitative estimate of drug-likeness (QED) is 0.762. The number of methoxy groups -OCH3 is 1. The number of aryl methyl sites for hydroxylation is 1. The lowest BCUT2D eigenvalue weighted by Gasteiger charge is -2.27. The summed E-state index contributed by atoms with van der Waals surface area (Å²) < 4.78 is 12.3. The van der Waals surface area contributed by atoms with E-state index in [1.165, 1.54) is 0 Å². The third-order valence-corrected chi connectivity index (χ3v) is 4.43. The van der Waals surface area contributed by atoms with Crippen molar-refractivity contribution >= 4 is 5.91 Å². The number of aromatic nitrogens is 1. The molecule has 1 aromatic heterocycles. The minimum absolute atomic E-state index is 0.00160. The van der Waals surface area contributed by atoms with Gasteiger partial charge in [0.15, 0.2) is 0 Å². The van der Waals surface area contributed by atoms with Crippen molar-refractivity contribution < 1.29 is 14.3 Å². The number of amides is 1. The third-order valence-electron chi connectivity index (χ3n) is 4.43. The highest BCUT2D eigenvalue weighted by molar-refractivity contribution is 5.95. The van der Waals surface area contributed by atoms with E-state index in [4.69, 9.17) is 9.47 Å². The summed E-state index contributed by atoms with van der Waals surface area (Å²) in [4.78, 5) is 27.5. The van der Waals surface area contributed by atoms with Gasteiger partial charge in [-0.3, -0.25) is 9.59 Å². The molecule has 0 aromatic carbocycles. The van der Waals surface area contributed by atoms with Crippen LogP contribution in [0.2, 0.25) is 0 Å². The summed E-state index contributed by atoms with van der Waals surface area (Å²) in [7, 11) is 1.60. The Hall–Kier alpha value is -1.66. The highest BCUT2D eigenvalue weighted by atomic mass is 16.5. The van der Waals surface area contributed by atoms with Gasteiger partial charge in [-0.1, -0.05) is 0 Å². The van der Waals surface area contributed by atoms with Crippen LogP contribution in [0.1, 0.15) is 42.6 Å². The van der Waals surface area contributed by atoms with Crippen molar-refractivity contribution in [2.24, 2.45) is 0 Å². The Morgan fingerprint density at radius 1 is 1.50 bits per heavy atom. The van der Waals surface area contributed by atoms with Crippen LogP contribution >= 0.6 is 0 Å². The Morgan fingerprint density at radius 2 is 2.25 bits per heavy atom. The maximum atomic E-state index is 12.9. The van der Waals surface area contributed by atoms with Gasteiger partial charge in [0, 0.05) is 32.5 Å². The zero-order valence-electron chi connectivity index (χ0n) is 15.1. The minimum atomic E-state index is -0.237. The SMILES string of the molecule is COCCN(C(=O)c1c(C)ccn(CC2CCCO2)c1=O)C(C)C. The van der Waals surface area contributed by atoms with E-state index in [0.717, 1.165) is 19.4 Å². The van der Waals surface area contributed by atoms with Crippen molar-refractivity contribution in [2.45, 2.75) is 52.3 Å². The van der Waals surface area contributed by atoms with E-state index in [-0.39, 0.29) is 29.2 Å². The largest absolute Gasteiger partial charge is 0.383 e. The summed E-state index contributed by atoms with van der Waals surface area (Å²) in [6, 6.07) is 1.83. The molecule has 1 aliphatic heterocycles. The highest BCUT2D eigenvalue weighted by Crippen LogP contribution is 2.14. The van der Waals surface area contributed by atoms with Gasteiger partial charge >= 0.3 is 0 Å². The fourth-order valence-corrected chi connectivity index (χ4v) is 3.00. The summed E-state index contributed by atoms with van der Waals surface area (Å²) >= 11 is 0. The van der Waals surface area contributed by atoms with Crippen LogP contribution in [-0.2, 0) is 16.0 Å².